The summed E-state index contributed by atoms with van der Waals surface area (Å²) >= 11 is 0. The first kappa shape index (κ1) is 22.8. The Hall–Kier alpha value is -3.34. The zero-order valence-corrected chi connectivity index (χ0v) is 18.8. The summed E-state index contributed by atoms with van der Waals surface area (Å²) in [4.78, 5) is 29.7. The Bertz CT molecular complexity index is 987. The van der Waals surface area contributed by atoms with E-state index in [-0.39, 0.29) is 18.9 Å². The Labute approximate surface area is 190 Å². The first-order chi connectivity index (χ1) is 15.7. The summed E-state index contributed by atoms with van der Waals surface area (Å²) in [5.74, 6) is -0.191. The molecule has 0 bridgehead atoms. The van der Waals surface area contributed by atoms with Crippen molar-refractivity contribution < 1.29 is 32.7 Å². The van der Waals surface area contributed by atoms with E-state index in [4.69, 9.17) is 18.7 Å². The van der Waals surface area contributed by atoms with Crippen LogP contribution in [-0.4, -0.2) is 68.4 Å². The van der Waals surface area contributed by atoms with Gasteiger partial charge in [-0.05, 0) is 39.0 Å². The Balaban J connectivity index is 1.47. The molecule has 1 aromatic heterocycles. The van der Waals surface area contributed by atoms with Gasteiger partial charge in [-0.3, -0.25) is 9.80 Å². The number of amides is 2. The Morgan fingerprint density at radius 1 is 1.27 bits per heavy atom. The van der Waals surface area contributed by atoms with Gasteiger partial charge in [0.2, 0.25) is 0 Å². The van der Waals surface area contributed by atoms with E-state index in [2.05, 4.69) is 5.16 Å². The van der Waals surface area contributed by atoms with Crippen LogP contribution < -0.4 is 14.7 Å². The van der Waals surface area contributed by atoms with Gasteiger partial charge in [0.1, 0.15) is 23.8 Å². The minimum atomic E-state index is -0.725. The number of carbonyl (C=O) groups is 2. The maximum Gasteiger partial charge on any atom is 0.416 e. The van der Waals surface area contributed by atoms with E-state index in [9.17, 15) is 14.0 Å². The van der Waals surface area contributed by atoms with Crippen LogP contribution in [0.1, 0.15) is 20.8 Å². The third-order valence-electron chi connectivity index (χ3n) is 5.17. The second-order valence-corrected chi connectivity index (χ2v) is 8.80. The molecule has 178 valence electrons. The van der Waals surface area contributed by atoms with Crippen molar-refractivity contribution in [1.82, 2.24) is 5.16 Å². The standard InChI is InChI=1S/C22H27FN4O6/c1-22(2,3)33-21(29)27(19-6-9-31-24-19)14-16-13-26(20(28)32-16)15-4-5-18(17(23)12-15)25-7-10-30-11-8-25/h4-6,9,12,16H,7-8,10-11,13-14H2,1-3H3/t16-/m1/s1. The summed E-state index contributed by atoms with van der Waals surface area (Å²) in [7, 11) is 0. The van der Waals surface area contributed by atoms with Crippen molar-refractivity contribution in [3.63, 3.8) is 0 Å². The van der Waals surface area contributed by atoms with Crippen LogP contribution >= 0.6 is 0 Å². The fourth-order valence-corrected chi connectivity index (χ4v) is 3.68. The fourth-order valence-electron chi connectivity index (χ4n) is 3.68. The van der Waals surface area contributed by atoms with Crippen molar-refractivity contribution >= 4 is 29.4 Å². The molecule has 2 aliphatic heterocycles. The second-order valence-electron chi connectivity index (χ2n) is 8.80. The summed E-state index contributed by atoms with van der Waals surface area (Å²) in [6.07, 6.45) is -0.614. The Kier molecular flexibility index (Phi) is 6.41. The SMILES string of the molecule is CC(C)(C)OC(=O)N(C[C@H]1CN(c2ccc(N3CCOCC3)c(F)c2)C(=O)O1)c1ccon1. The first-order valence-electron chi connectivity index (χ1n) is 10.7. The molecule has 33 heavy (non-hydrogen) atoms. The van der Waals surface area contributed by atoms with Crippen LogP contribution in [0.25, 0.3) is 0 Å². The highest BCUT2D eigenvalue weighted by atomic mass is 19.1. The number of anilines is 3. The van der Waals surface area contributed by atoms with Gasteiger partial charge < -0.3 is 23.6 Å². The van der Waals surface area contributed by atoms with E-state index >= 15 is 0 Å². The van der Waals surface area contributed by atoms with Crippen molar-refractivity contribution in [3.8, 4) is 0 Å². The topological polar surface area (TPSA) is 97.6 Å². The van der Waals surface area contributed by atoms with Gasteiger partial charge in [-0.1, -0.05) is 5.16 Å². The predicted molar refractivity (Wildman–Crippen MR) is 117 cm³/mol. The van der Waals surface area contributed by atoms with Gasteiger partial charge in [-0.15, -0.1) is 0 Å². The molecule has 2 aromatic rings. The molecule has 0 unspecified atom stereocenters. The van der Waals surface area contributed by atoms with Crippen LogP contribution in [0.3, 0.4) is 0 Å². The number of nitrogens with zero attached hydrogens (tertiary/aromatic N) is 4. The first-order valence-corrected chi connectivity index (χ1v) is 10.7. The van der Waals surface area contributed by atoms with Crippen molar-refractivity contribution in [3.05, 3.63) is 36.3 Å². The molecule has 0 saturated carbocycles. The van der Waals surface area contributed by atoms with Crippen LogP contribution in [0.5, 0.6) is 0 Å². The molecule has 2 fully saturated rings. The molecule has 1 atom stereocenters. The number of hydrogen-bond acceptors (Lipinski definition) is 8. The van der Waals surface area contributed by atoms with Crippen LogP contribution in [0.4, 0.5) is 31.2 Å². The van der Waals surface area contributed by atoms with Gasteiger partial charge in [0, 0.05) is 19.2 Å². The van der Waals surface area contributed by atoms with Gasteiger partial charge in [0.25, 0.3) is 0 Å². The minimum Gasteiger partial charge on any atom is -0.443 e. The van der Waals surface area contributed by atoms with Crippen molar-refractivity contribution in [2.24, 2.45) is 0 Å². The monoisotopic (exact) mass is 462 g/mol. The van der Waals surface area contributed by atoms with Crippen molar-refractivity contribution in [2.45, 2.75) is 32.5 Å². The number of benzene rings is 1. The number of hydrogen-bond donors (Lipinski definition) is 0. The molecule has 2 aliphatic rings. The van der Waals surface area contributed by atoms with E-state index in [1.54, 1.807) is 32.9 Å². The summed E-state index contributed by atoms with van der Waals surface area (Å²) in [5.41, 5.74) is 0.118. The molecule has 1 aromatic carbocycles. The lowest BCUT2D eigenvalue weighted by Crippen LogP contribution is -2.42. The maximum absolute atomic E-state index is 14.8. The van der Waals surface area contributed by atoms with Gasteiger partial charge >= 0.3 is 12.2 Å². The quantitative estimate of drug-likeness (QED) is 0.667. The Morgan fingerprint density at radius 2 is 2.03 bits per heavy atom. The number of cyclic esters (lactones) is 1. The number of carbonyl (C=O) groups excluding carboxylic acids is 2. The minimum absolute atomic E-state index is 0.00195. The third-order valence-corrected chi connectivity index (χ3v) is 5.17. The van der Waals surface area contributed by atoms with E-state index in [1.165, 1.54) is 28.2 Å². The molecule has 2 saturated heterocycles. The number of aromatic nitrogens is 1. The van der Waals surface area contributed by atoms with Crippen LogP contribution in [0.15, 0.2) is 35.1 Å². The van der Waals surface area contributed by atoms with Gasteiger partial charge in [0.05, 0.1) is 37.7 Å². The molecule has 3 heterocycles. The predicted octanol–water partition coefficient (Wildman–Crippen LogP) is 3.42. The van der Waals surface area contributed by atoms with E-state index < -0.39 is 29.7 Å². The highest BCUT2D eigenvalue weighted by Crippen LogP contribution is 2.29. The second kappa shape index (κ2) is 9.26. The lowest BCUT2D eigenvalue weighted by Gasteiger charge is -2.29. The number of rotatable bonds is 5. The molecule has 11 heteroatoms. The average molecular weight is 462 g/mol. The molecule has 4 rings (SSSR count). The molecule has 0 spiro atoms. The van der Waals surface area contributed by atoms with E-state index in [1.807, 2.05) is 4.90 Å². The highest BCUT2D eigenvalue weighted by molar-refractivity contribution is 5.91. The van der Waals surface area contributed by atoms with Crippen LogP contribution in [-0.2, 0) is 14.2 Å². The number of morpholine rings is 1. The van der Waals surface area contributed by atoms with Gasteiger partial charge in [-0.25, -0.2) is 14.0 Å². The Morgan fingerprint density at radius 3 is 2.67 bits per heavy atom. The molecule has 0 N–H and O–H groups in total. The van der Waals surface area contributed by atoms with Gasteiger partial charge in [-0.2, -0.15) is 0 Å². The van der Waals surface area contributed by atoms with Crippen LogP contribution in [0.2, 0.25) is 0 Å². The zero-order valence-electron chi connectivity index (χ0n) is 18.8. The highest BCUT2D eigenvalue weighted by Gasteiger charge is 2.37. The third kappa shape index (κ3) is 5.36. The summed E-state index contributed by atoms with van der Waals surface area (Å²) in [6.45, 7) is 7.67. The molecule has 2 amide bonds. The molecule has 0 radical (unpaired) electrons. The van der Waals surface area contributed by atoms with Crippen LogP contribution in [0, 0.1) is 5.82 Å². The smallest absolute Gasteiger partial charge is 0.416 e. The molecular weight excluding hydrogens is 435 g/mol. The average Bonchev–Trinajstić information content (AvgIpc) is 3.41. The number of ether oxygens (including phenoxy) is 3. The summed E-state index contributed by atoms with van der Waals surface area (Å²) < 4.78 is 35.9. The molecular formula is C22H27FN4O6. The van der Waals surface area contributed by atoms with Crippen molar-refractivity contribution in [1.29, 1.82) is 0 Å². The zero-order chi connectivity index (χ0) is 23.6. The maximum atomic E-state index is 14.8. The van der Waals surface area contributed by atoms with E-state index in [0.717, 1.165) is 0 Å². The molecule has 0 aliphatic carbocycles. The van der Waals surface area contributed by atoms with Gasteiger partial charge in [0.15, 0.2) is 5.82 Å². The normalized spacial score (nSPS) is 18.9. The van der Waals surface area contributed by atoms with E-state index in [0.29, 0.717) is 37.7 Å². The largest absolute Gasteiger partial charge is 0.443 e. The lowest BCUT2D eigenvalue weighted by atomic mass is 10.2. The summed E-state index contributed by atoms with van der Waals surface area (Å²) in [6, 6.07) is 6.16. The lowest BCUT2D eigenvalue weighted by molar-refractivity contribution is 0.0556. The number of halogens is 1. The van der Waals surface area contributed by atoms with Crippen molar-refractivity contribution in [2.75, 3.05) is 54.1 Å². The molecule has 10 nitrogen and oxygen atoms in total. The fraction of sp³-hybridized carbons (Fsp3) is 0.500. The summed E-state index contributed by atoms with van der Waals surface area (Å²) in [5, 5.41) is 3.80.